The molecular weight excluding hydrogens is 480 g/mol. The Kier molecular flexibility index (Phi) is 7.23. The standard InChI is InChI=1S/C23H17BrN2O4S/c1-2-30-23(29)20-19(15-5-7-17(24)8-6-15)13-31-22(20)26-21(28)16(12-25)11-14-3-9-18(27)10-4-14/h3-11,13,27H,2H2,1H3,(H,26,28)/b16-11+. The number of benzene rings is 2. The van der Waals surface area contributed by atoms with Crippen molar-refractivity contribution in [2.75, 3.05) is 11.9 Å². The number of thiophene rings is 1. The molecule has 0 aliphatic carbocycles. The van der Waals surface area contributed by atoms with Crippen LogP contribution in [0.2, 0.25) is 0 Å². The van der Waals surface area contributed by atoms with E-state index in [1.807, 2.05) is 30.3 Å². The van der Waals surface area contributed by atoms with Crippen LogP contribution in [-0.4, -0.2) is 23.6 Å². The number of phenols is 1. The number of anilines is 1. The van der Waals surface area contributed by atoms with Gasteiger partial charge in [-0.05, 0) is 48.4 Å². The summed E-state index contributed by atoms with van der Waals surface area (Å²) in [5.74, 6) is -1.12. The molecule has 156 valence electrons. The van der Waals surface area contributed by atoms with Gasteiger partial charge in [0.05, 0.1) is 6.61 Å². The lowest BCUT2D eigenvalue weighted by molar-refractivity contribution is -0.112. The van der Waals surface area contributed by atoms with Gasteiger partial charge < -0.3 is 15.2 Å². The number of rotatable bonds is 6. The average molecular weight is 497 g/mol. The Balaban J connectivity index is 1.95. The molecule has 0 bridgehead atoms. The van der Waals surface area contributed by atoms with E-state index in [0.717, 1.165) is 10.0 Å². The van der Waals surface area contributed by atoms with Crippen LogP contribution in [0.25, 0.3) is 17.2 Å². The number of aromatic hydroxyl groups is 1. The van der Waals surface area contributed by atoms with Crippen LogP contribution in [0.15, 0.2) is 64.0 Å². The lowest BCUT2D eigenvalue weighted by Crippen LogP contribution is -2.16. The maximum absolute atomic E-state index is 12.7. The molecule has 2 aromatic carbocycles. The van der Waals surface area contributed by atoms with Gasteiger partial charge in [-0.25, -0.2) is 4.79 Å². The highest BCUT2D eigenvalue weighted by Crippen LogP contribution is 2.37. The van der Waals surface area contributed by atoms with Crippen LogP contribution in [0.4, 0.5) is 5.00 Å². The van der Waals surface area contributed by atoms with Crippen molar-refractivity contribution in [1.82, 2.24) is 0 Å². The molecule has 1 heterocycles. The summed E-state index contributed by atoms with van der Waals surface area (Å²) in [6.07, 6.45) is 1.40. The number of nitrogens with zero attached hydrogens (tertiary/aromatic N) is 1. The Labute approximate surface area is 191 Å². The minimum atomic E-state index is -0.648. The maximum atomic E-state index is 12.7. The maximum Gasteiger partial charge on any atom is 0.341 e. The number of carbonyl (C=O) groups excluding carboxylic acids is 2. The van der Waals surface area contributed by atoms with Crippen molar-refractivity contribution in [2.24, 2.45) is 0 Å². The average Bonchev–Trinajstić information content (AvgIpc) is 3.17. The van der Waals surface area contributed by atoms with Gasteiger partial charge in [-0.2, -0.15) is 5.26 Å². The van der Waals surface area contributed by atoms with Gasteiger partial charge >= 0.3 is 5.97 Å². The minimum absolute atomic E-state index is 0.0817. The Hall–Kier alpha value is -3.41. The van der Waals surface area contributed by atoms with Gasteiger partial charge in [-0.15, -0.1) is 11.3 Å². The Morgan fingerprint density at radius 3 is 2.48 bits per heavy atom. The first-order chi connectivity index (χ1) is 14.9. The van der Waals surface area contributed by atoms with E-state index in [9.17, 15) is 20.0 Å². The van der Waals surface area contributed by atoms with Gasteiger partial charge in [0.2, 0.25) is 0 Å². The van der Waals surface area contributed by atoms with E-state index in [4.69, 9.17) is 4.74 Å². The van der Waals surface area contributed by atoms with E-state index in [0.29, 0.717) is 16.1 Å². The zero-order valence-corrected chi connectivity index (χ0v) is 18.8. The van der Waals surface area contributed by atoms with Crippen LogP contribution >= 0.6 is 27.3 Å². The second-order valence-electron chi connectivity index (χ2n) is 6.30. The molecule has 0 unspecified atom stereocenters. The summed E-state index contributed by atoms with van der Waals surface area (Å²) in [7, 11) is 0. The molecule has 2 N–H and O–H groups in total. The number of hydrogen-bond donors (Lipinski definition) is 2. The minimum Gasteiger partial charge on any atom is -0.508 e. The summed E-state index contributed by atoms with van der Waals surface area (Å²) < 4.78 is 6.09. The third-order valence-electron chi connectivity index (χ3n) is 4.22. The van der Waals surface area contributed by atoms with Crippen molar-refractivity contribution >= 4 is 50.2 Å². The van der Waals surface area contributed by atoms with E-state index in [-0.39, 0.29) is 23.5 Å². The third kappa shape index (κ3) is 5.40. The number of esters is 1. The van der Waals surface area contributed by atoms with Crippen molar-refractivity contribution in [3.63, 3.8) is 0 Å². The summed E-state index contributed by atoms with van der Waals surface area (Å²) in [6, 6.07) is 15.4. The quantitative estimate of drug-likeness (QED) is 0.262. The molecule has 0 atom stereocenters. The van der Waals surface area contributed by atoms with E-state index < -0.39 is 11.9 Å². The first kappa shape index (κ1) is 22.3. The molecule has 0 spiro atoms. The fourth-order valence-corrected chi connectivity index (χ4v) is 3.97. The molecule has 1 amide bonds. The van der Waals surface area contributed by atoms with E-state index in [1.165, 1.54) is 29.5 Å². The number of nitrogens with one attached hydrogen (secondary N) is 1. The SMILES string of the molecule is CCOC(=O)c1c(-c2ccc(Br)cc2)csc1NC(=O)/C(C#N)=C/c1ccc(O)cc1. The van der Waals surface area contributed by atoms with Gasteiger partial charge in [-0.3, -0.25) is 4.79 Å². The number of hydrogen-bond acceptors (Lipinski definition) is 6. The van der Waals surface area contributed by atoms with Gasteiger partial charge in [0.1, 0.15) is 28.0 Å². The smallest absolute Gasteiger partial charge is 0.341 e. The Morgan fingerprint density at radius 2 is 1.87 bits per heavy atom. The van der Waals surface area contributed by atoms with E-state index in [1.54, 1.807) is 24.4 Å². The number of phenolic OH excluding ortho intramolecular Hbond substituents is 1. The highest BCUT2D eigenvalue weighted by Gasteiger charge is 2.23. The Morgan fingerprint density at radius 1 is 1.19 bits per heavy atom. The molecule has 0 fully saturated rings. The monoisotopic (exact) mass is 496 g/mol. The molecule has 6 nitrogen and oxygen atoms in total. The molecule has 0 saturated carbocycles. The van der Waals surface area contributed by atoms with E-state index in [2.05, 4.69) is 21.2 Å². The second kappa shape index (κ2) is 10.1. The van der Waals surface area contributed by atoms with Gasteiger partial charge in [0, 0.05) is 15.4 Å². The lowest BCUT2D eigenvalue weighted by atomic mass is 10.0. The summed E-state index contributed by atoms with van der Waals surface area (Å²) in [5, 5.41) is 23.5. The Bertz CT molecular complexity index is 1180. The number of carbonyl (C=O) groups is 2. The molecule has 0 saturated heterocycles. The zero-order chi connectivity index (χ0) is 22.4. The first-order valence-electron chi connectivity index (χ1n) is 9.19. The molecule has 31 heavy (non-hydrogen) atoms. The second-order valence-corrected chi connectivity index (χ2v) is 8.09. The molecule has 3 aromatic rings. The van der Waals surface area contributed by atoms with Crippen LogP contribution in [-0.2, 0) is 9.53 Å². The van der Waals surface area contributed by atoms with Crippen molar-refractivity contribution in [3.05, 3.63) is 75.1 Å². The molecule has 8 heteroatoms. The third-order valence-corrected chi connectivity index (χ3v) is 5.65. The predicted molar refractivity (Wildman–Crippen MR) is 124 cm³/mol. The number of amides is 1. The summed E-state index contributed by atoms with van der Waals surface area (Å²) >= 11 is 4.57. The van der Waals surface area contributed by atoms with E-state index >= 15 is 0 Å². The molecule has 0 aliphatic rings. The van der Waals surface area contributed by atoms with Crippen molar-refractivity contribution in [1.29, 1.82) is 5.26 Å². The molecule has 1 aromatic heterocycles. The largest absolute Gasteiger partial charge is 0.508 e. The van der Waals surface area contributed by atoms with Crippen molar-refractivity contribution in [3.8, 4) is 22.9 Å². The highest BCUT2D eigenvalue weighted by atomic mass is 79.9. The van der Waals surface area contributed by atoms with Crippen LogP contribution in [0.3, 0.4) is 0 Å². The normalized spacial score (nSPS) is 10.9. The predicted octanol–water partition coefficient (Wildman–Crippen LogP) is 5.61. The summed E-state index contributed by atoms with van der Waals surface area (Å²) in [5.41, 5.74) is 2.11. The van der Waals surface area contributed by atoms with Crippen LogP contribution in [0.1, 0.15) is 22.8 Å². The van der Waals surface area contributed by atoms with Gasteiger partial charge in [-0.1, -0.05) is 40.2 Å². The van der Waals surface area contributed by atoms with Gasteiger partial charge in [0.15, 0.2) is 0 Å². The molecule has 0 aliphatic heterocycles. The number of ether oxygens (including phenoxy) is 1. The molecule has 0 radical (unpaired) electrons. The summed E-state index contributed by atoms with van der Waals surface area (Å²) in [4.78, 5) is 25.4. The van der Waals surface area contributed by atoms with Crippen molar-refractivity contribution in [2.45, 2.75) is 6.92 Å². The zero-order valence-electron chi connectivity index (χ0n) is 16.4. The van der Waals surface area contributed by atoms with Gasteiger partial charge in [0.25, 0.3) is 5.91 Å². The number of nitriles is 1. The molecular formula is C23H17BrN2O4S. The first-order valence-corrected chi connectivity index (χ1v) is 10.9. The lowest BCUT2D eigenvalue weighted by Gasteiger charge is -2.09. The summed E-state index contributed by atoms with van der Waals surface area (Å²) in [6.45, 7) is 1.89. The van der Waals surface area contributed by atoms with Crippen molar-refractivity contribution < 1.29 is 19.4 Å². The fraction of sp³-hybridized carbons (Fsp3) is 0.0870. The van der Waals surface area contributed by atoms with Crippen LogP contribution in [0, 0.1) is 11.3 Å². The fourth-order valence-electron chi connectivity index (χ4n) is 2.75. The van der Waals surface area contributed by atoms with Crippen LogP contribution in [0.5, 0.6) is 5.75 Å². The van der Waals surface area contributed by atoms with Crippen LogP contribution < -0.4 is 5.32 Å². The molecule has 3 rings (SSSR count). The topological polar surface area (TPSA) is 99.4 Å². The highest BCUT2D eigenvalue weighted by molar-refractivity contribution is 9.10. The number of halogens is 1.